The number of benzene rings is 1. The van der Waals surface area contributed by atoms with Crippen molar-refractivity contribution in [3.63, 3.8) is 0 Å². The second kappa shape index (κ2) is 8.43. The van der Waals surface area contributed by atoms with Crippen LogP contribution < -0.4 is 11.1 Å². The van der Waals surface area contributed by atoms with Crippen molar-refractivity contribution >= 4 is 17.3 Å². The van der Waals surface area contributed by atoms with Crippen molar-refractivity contribution in [2.45, 2.75) is 32.6 Å². The normalized spacial score (nSPS) is 10.3. The number of esters is 1. The first-order valence-corrected chi connectivity index (χ1v) is 6.93. The highest BCUT2D eigenvalue weighted by atomic mass is 16.5. The van der Waals surface area contributed by atoms with E-state index in [2.05, 4.69) is 5.32 Å². The number of aryl methyl sites for hydroxylation is 1. The summed E-state index contributed by atoms with van der Waals surface area (Å²) in [6.07, 6.45) is 3.99. The molecular formula is C15H24N2O3. The summed E-state index contributed by atoms with van der Waals surface area (Å²) < 4.78 is 4.73. The van der Waals surface area contributed by atoms with E-state index in [1.165, 1.54) is 7.11 Å². The van der Waals surface area contributed by atoms with Gasteiger partial charge in [-0.05, 0) is 37.5 Å². The van der Waals surface area contributed by atoms with Gasteiger partial charge in [-0.1, -0.05) is 12.8 Å². The number of nitrogen functional groups attached to an aromatic ring is 1. The van der Waals surface area contributed by atoms with Crippen molar-refractivity contribution in [3.05, 3.63) is 23.3 Å². The molecule has 0 heterocycles. The van der Waals surface area contributed by atoms with Crippen LogP contribution in [0.25, 0.3) is 0 Å². The molecule has 0 saturated carbocycles. The van der Waals surface area contributed by atoms with Gasteiger partial charge in [0.15, 0.2) is 0 Å². The Morgan fingerprint density at radius 3 is 2.65 bits per heavy atom. The monoisotopic (exact) mass is 280 g/mol. The van der Waals surface area contributed by atoms with Gasteiger partial charge in [-0.25, -0.2) is 4.79 Å². The number of unbranched alkanes of at least 4 members (excludes halogenated alkanes) is 3. The van der Waals surface area contributed by atoms with Crippen LogP contribution in [0.15, 0.2) is 12.1 Å². The third-order valence-electron chi connectivity index (χ3n) is 3.21. The standard InChI is InChI=1S/C15H24N2O3/c1-11-9-12(17-7-5-3-4-6-8-18)10-13(14(11)16)15(19)20-2/h9-10,17-18H,3-8,16H2,1-2H3. The number of hydrogen-bond donors (Lipinski definition) is 3. The minimum Gasteiger partial charge on any atom is -0.465 e. The van der Waals surface area contributed by atoms with Gasteiger partial charge in [-0.15, -0.1) is 0 Å². The number of nitrogens with one attached hydrogen (secondary N) is 1. The molecular weight excluding hydrogens is 256 g/mol. The maximum absolute atomic E-state index is 11.6. The summed E-state index contributed by atoms with van der Waals surface area (Å²) in [5.41, 5.74) is 8.48. The molecule has 0 atom stereocenters. The summed E-state index contributed by atoms with van der Waals surface area (Å²) in [5, 5.41) is 12.0. The SMILES string of the molecule is COC(=O)c1cc(NCCCCCCO)cc(C)c1N. The molecule has 4 N–H and O–H groups in total. The van der Waals surface area contributed by atoms with Gasteiger partial charge in [-0.3, -0.25) is 0 Å². The topological polar surface area (TPSA) is 84.6 Å². The molecule has 0 amide bonds. The van der Waals surface area contributed by atoms with Gasteiger partial charge < -0.3 is 20.9 Å². The summed E-state index contributed by atoms with van der Waals surface area (Å²) in [5.74, 6) is -0.419. The van der Waals surface area contributed by atoms with Crippen molar-refractivity contribution < 1.29 is 14.6 Å². The lowest BCUT2D eigenvalue weighted by molar-refractivity contribution is 0.0602. The summed E-state index contributed by atoms with van der Waals surface area (Å²) in [6.45, 7) is 2.96. The Morgan fingerprint density at radius 2 is 2.00 bits per heavy atom. The minimum atomic E-state index is -0.419. The largest absolute Gasteiger partial charge is 0.465 e. The van der Waals surface area contributed by atoms with Crippen molar-refractivity contribution in [1.82, 2.24) is 0 Å². The molecule has 0 fully saturated rings. The Labute approximate surface area is 120 Å². The van der Waals surface area contributed by atoms with Crippen LogP contribution in [-0.2, 0) is 4.74 Å². The van der Waals surface area contributed by atoms with Gasteiger partial charge in [0.25, 0.3) is 0 Å². The molecule has 0 radical (unpaired) electrons. The van der Waals surface area contributed by atoms with E-state index in [0.717, 1.165) is 43.5 Å². The van der Waals surface area contributed by atoms with Crippen LogP contribution in [-0.4, -0.2) is 31.3 Å². The Bertz CT molecular complexity index is 447. The number of rotatable bonds is 8. The highest BCUT2D eigenvalue weighted by Crippen LogP contribution is 2.23. The van der Waals surface area contributed by atoms with E-state index in [4.69, 9.17) is 15.6 Å². The zero-order valence-corrected chi connectivity index (χ0v) is 12.2. The molecule has 5 heteroatoms. The van der Waals surface area contributed by atoms with Crippen LogP contribution in [0.4, 0.5) is 11.4 Å². The number of aliphatic hydroxyl groups is 1. The van der Waals surface area contributed by atoms with E-state index in [1.54, 1.807) is 6.07 Å². The lowest BCUT2D eigenvalue weighted by Gasteiger charge is -2.12. The van der Waals surface area contributed by atoms with Gasteiger partial charge in [0.1, 0.15) is 0 Å². The predicted octanol–water partition coefficient (Wildman–Crippen LogP) is 2.33. The quantitative estimate of drug-likeness (QED) is 0.386. The molecule has 1 aromatic rings. The van der Waals surface area contributed by atoms with Crippen LogP contribution in [0.2, 0.25) is 0 Å². The molecule has 1 aromatic carbocycles. The predicted molar refractivity (Wildman–Crippen MR) is 81.0 cm³/mol. The summed E-state index contributed by atoms with van der Waals surface area (Å²) >= 11 is 0. The van der Waals surface area contributed by atoms with Crippen molar-refractivity contribution in [3.8, 4) is 0 Å². The van der Waals surface area contributed by atoms with E-state index < -0.39 is 5.97 Å². The maximum Gasteiger partial charge on any atom is 0.340 e. The van der Waals surface area contributed by atoms with E-state index in [0.29, 0.717) is 11.3 Å². The Morgan fingerprint density at radius 1 is 1.30 bits per heavy atom. The number of carbonyl (C=O) groups is 1. The van der Waals surface area contributed by atoms with E-state index >= 15 is 0 Å². The Balaban J connectivity index is 2.58. The number of methoxy groups -OCH3 is 1. The number of nitrogens with two attached hydrogens (primary N) is 1. The van der Waals surface area contributed by atoms with Gasteiger partial charge in [0, 0.05) is 24.5 Å². The van der Waals surface area contributed by atoms with E-state index in [1.807, 2.05) is 13.0 Å². The van der Waals surface area contributed by atoms with Crippen molar-refractivity contribution in [2.75, 3.05) is 31.3 Å². The maximum atomic E-state index is 11.6. The first kappa shape index (κ1) is 16.3. The molecule has 0 bridgehead atoms. The molecule has 0 aliphatic carbocycles. The average Bonchev–Trinajstić information content (AvgIpc) is 2.45. The van der Waals surface area contributed by atoms with Crippen molar-refractivity contribution in [1.29, 1.82) is 0 Å². The molecule has 0 unspecified atom stereocenters. The number of aliphatic hydroxyl groups excluding tert-OH is 1. The molecule has 0 spiro atoms. The zero-order valence-electron chi connectivity index (χ0n) is 12.2. The molecule has 112 valence electrons. The van der Waals surface area contributed by atoms with Gasteiger partial charge in [0.2, 0.25) is 0 Å². The van der Waals surface area contributed by atoms with Crippen LogP contribution in [0, 0.1) is 6.92 Å². The molecule has 0 saturated heterocycles. The third kappa shape index (κ3) is 4.74. The van der Waals surface area contributed by atoms with Crippen LogP contribution in [0.3, 0.4) is 0 Å². The second-order valence-corrected chi connectivity index (χ2v) is 4.81. The summed E-state index contributed by atoms with van der Waals surface area (Å²) in [4.78, 5) is 11.6. The van der Waals surface area contributed by atoms with Crippen LogP contribution >= 0.6 is 0 Å². The molecule has 5 nitrogen and oxygen atoms in total. The van der Waals surface area contributed by atoms with E-state index in [-0.39, 0.29) is 6.61 Å². The Hall–Kier alpha value is -1.75. The van der Waals surface area contributed by atoms with E-state index in [9.17, 15) is 4.79 Å². The smallest absolute Gasteiger partial charge is 0.340 e. The molecule has 0 aliphatic rings. The lowest BCUT2D eigenvalue weighted by atomic mass is 10.1. The third-order valence-corrected chi connectivity index (χ3v) is 3.21. The second-order valence-electron chi connectivity index (χ2n) is 4.81. The molecule has 1 rings (SSSR count). The zero-order chi connectivity index (χ0) is 15.0. The fourth-order valence-corrected chi connectivity index (χ4v) is 2.00. The number of anilines is 2. The van der Waals surface area contributed by atoms with Gasteiger partial charge in [-0.2, -0.15) is 0 Å². The Kier molecular flexibility index (Phi) is 6.87. The average molecular weight is 280 g/mol. The number of carbonyl (C=O) groups excluding carboxylic acids is 1. The highest BCUT2D eigenvalue weighted by molar-refractivity contribution is 5.97. The number of ether oxygens (including phenoxy) is 1. The lowest BCUT2D eigenvalue weighted by Crippen LogP contribution is -2.09. The first-order valence-electron chi connectivity index (χ1n) is 6.93. The summed E-state index contributed by atoms with van der Waals surface area (Å²) in [7, 11) is 1.35. The molecule has 20 heavy (non-hydrogen) atoms. The van der Waals surface area contributed by atoms with Gasteiger partial charge >= 0.3 is 5.97 Å². The highest BCUT2D eigenvalue weighted by Gasteiger charge is 2.13. The fraction of sp³-hybridized carbons (Fsp3) is 0.533. The minimum absolute atomic E-state index is 0.257. The number of hydrogen-bond acceptors (Lipinski definition) is 5. The van der Waals surface area contributed by atoms with Crippen LogP contribution in [0.1, 0.15) is 41.6 Å². The van der Waals surface area contributed by atoms with Crippen molar-refractivity contribution in [2.24, 2.45) is 0 Å². The first-order chi connectivity index (χ1) is 9.60. The fourth-order valence-electron chi connectivity index (χ4n) is 2.00. The molecule has 0 aromatic heterocycles. The van der Waals surface area contributed by atoms with Gasteiger partial charge in [0.05, 0.1) is 12.7 Å². The summed E-state index contributed by atoms with van der Waals surface area (Å²) in [6, 6.07) is 3.65. The van der Waals surface area contributed by atoms with Crippen LogP contribution in [0.5, 0.6) is 0 Å². The molecule has 0 aliphatic heterocycles.